The maximum absolute atomic E-state index is 11.8. The highest BCUT2D eigenvalue weighted by Crippen LogP contribution is 2.22. The smallest absolute Gasteiger partial charge is 0.338 e. The maximum atomic E-state index is 11.8. The highest BCUT2D eigenvalue weighted by molar-refractivity contribution is 5.89. The van der Waals surface area contributed by atoms with Crippen molar-refractivity contribution in [1.82, 2.24) is 15.1 Å². The Balaban J connectivity index is 1.19. The van der Waals surface area contributed by atoms with Crippen LogP contribution < -0.4 is 0 Å². The molecule has 0 atom stereocenters. The van der Waals surface area contributed by atoms with Gasteiger partial charge in [-0.25, -0.2) is 9.78 Å². The SMILES string of the molecule is Cc1cc([N+](=O)[O-])cnc1-c1noc(COCCCOCCCCCOC(=O)c2ccccc2)n1. The molecule has 35 heavy (non-hydrogen) atoms. The van der Waals surface area contributed by atoms with Crippen molar-refractivity contribution in [2.45, 2.75) is 39.2 Å². The predicted octanol–water partition coefficient (Wildman–Crippen LogP) is 4.30. The molecule has 0 bridgehead atoms. The summed E-state index contributed by atoms with van der Waals surface area (Å²) in [6.07, 6.45) is 4.49. The number of nitro groups is 1. The second-order valence-corrected chi connectivity index (χ2v) is 7.71. The molecule has 0 saturated carbocycles. The molecular weight excluding hydrogens is 456 g/mol. The molecule has 0 aliphatic carbocycles. The minimum atomic E-state index is -0.505. The van der Waals surface area contributed by atoms with E-state index in [0.29, 0.717) is 49.1 Å². The largest absolute Gasteiger partial charge is 0.462 e. The van der Waals surface area contributed by atoms with Gasteiger partial charge in [0.05, 0.1) is 17.1 Å². The summed E-state index contributed by atoms with van der Waals surface area (Å²) < 4.78 is 21.5. The topological polar surface area (TPSA) is 140 Å². The zero-order chi connectivity index (χ0) is 24.9. The number of hydrogen-bond donors (Lipinski definition) is 0. The Morgan fingerprint density at radius 2 is 1.77 bits per heavy atom. The Hall–Kier alpha value is -3.70. The average molecular weight is 485 g/mol. The molecule has 3 rings (SSSR count). The van der Waals surface area contributed by atoms with Gasteiger partial charge in [-0.1, -0.05) is 23.4 Å². The predicted molar refractivity (Wildman–Crippen MR) is 125 cm³/mol. The lowest BCUT2D eigenvalue weighted by atomic mass is 10.2. The van der Waals surface area contributed by atoms with Gasteiger partial charge in [-0.2, -0.15) is 4.98 Å². The Morgan fingerprint density at radius 1 is 1.03 bits per heavy atom. The second kappa shape index (κ2) is 13.9. The Bertz CT molecular complexity index is 1090. The lowest BCUT2D eigenvalue weighted by Crippen LogP contribution is -2.06. The summed E-state index contributed by atoms with van der Waals surface area (Å²) in [5, 5.41) is 14.7. The number of ether oxygens (including phenoxy) is 3. The van der Waals surface area contributed by atoms with Crippen LogP contribution in [-0.2, 0) is 20.8 Å². The first-order valence-corrected chi connectivity index (χ1v) is 11.4. The molecule has 11 nitrogen and oxygen atoms in total. The number of aromatic nitrogens is 3. The van der Waals surface area contributed by atoms with Crippen molar-refractivity contribution in [3.63, 3.8) is 0 Å². The van der Waals surface area contributed by atoms with Gasteiger partial charge in [-0.3, -0.25) is 10.1 Å². The van der Waals surface area contributed by atoms with Crippen LogP contribution in [0.5, 0.6) is 0 Å². The molecule has 11 heteroatoms. The van der Waals surface area contributed by atoms with Crippen LogP contribution in [0.3, 0.4) is 0 Å². The summed E-state index contributed by atoms with van der Waals surface area (Å²) in [7, 11) is 0. The molecule has 0 saturated heterocycles. The fraction of sp³-hybridized carbons (Fsp3) is 0.417. The molecule has 186 valence electrons. The molecule has 0 radical (unpaired) electrons. The zero-order valence-corrected chi connectivity index (χ0v) is 19.6. The molecule has 0 spiro atoms. The van der Waals surface area contributed by atoms with Crippen LogP contribution in [0.25, 0.3) is 11.5 Å². The van der Waals surface area contributed by atoms with Crippen LogP contribution in [0, 0.1) is 17.0 Å². The van der Waals surface area contributed by atoms with E-state index in [4.69, 9.17) is 18.7 Å². The fourth-order valence-electron chi connectivity index (χ4n) is 3.13. The molecule has 2 aromatic heterocycles. The third kappa shape index (κ3) is 8.54. The van der Waals surface area contributed by atoms with Gasteiger partial charge >= 0.3 is 5.97 Å². The first-order chi connectivity index (χ1) is 17.0. The number of carbonyl (C=O) groups excluding carboxylic acids is 1. The van der Waals surface area contributed by atoms with Gasteiger partial charge < -0.3 is 18.7 Å². The first-order valence-electron chi connectivity index (χ1n) is 11.4. The Morgan fingerprint density at radius 3 is 2.54 bits per heavy atom. The van der Waals surface area contributed by atoms with Crippen molar-refractivity contribution < 1.29 is 28.5 Å². The van der Waals surface area contributed by atoms with Crippen molar-refractivity contribution >= 4 is 11.7 Å². The van der Waals surface area contributed by atoms with E-state index < -0.39 is 4.92 Å². The van der Waals surface area contributed by atoms with Crippen LogP contribution in [0.15, 0.2) is 47.1 Å². The number of carbonyl (C=O) groups is 1. The van der Waals surface area contributed by atoms with Crippen LogP contribution in [0.1, 0.15) is 47.5 Å². The molecule has 3 aromatic rings. The Kier molecular flexibility index (Phi) is 10.3. The van der Waals surface area contributed by atoms with Crippen molar-refractivity contribution in [2.75, 3.05) is 26.4 Å². The molecule has 0 fully saturated rings. The van der Waals surface area contributed by atoms with Crippen LogP contribution in [0.2, 0.25) is 0 Å². The number of aryl methyl sites for hydroxylation is 1. The van der Waals surface area contributed by atoms with Crippen molar-refractivity contribution in [3.8, 4) is 11.5 Å². The minimum Gasteiger partial charge on any atom is -0.462 e. The number of benzene rings is 1. The standard InChI is InChI=1S/C24H28N4O7/c1-18-15-20(28(30)31)16-25-22(18)23-26-21(35-27-23)17-33-13-8-12-32-11-6-3-7-14-34-24(29)19-9-4-2-5-10-19/h2,4-5,9-10,15-16H,3,6-8,11-14,17H2,1H3. The summed E-state index contributed by atoms with van der Waals surface area (Å²) >= 11 is 0. The molecule has 2 heterocycles. The quantitative estimate of drug-likeness (QED) is 0.133. The molecule has 0 N–H and O–H groups in total. The third-order valence-electron chi connectivity index (χ3n) is 4.93. The fourth-order valence-corrected chi connectivity index (χ4v) is 3.13. The number of hydrogen-bond acceptors (Lipinski definition) is 10. The van der Waals surface area contributed by atoms with Gasteiger partial charge in [0.25, 0.3) is 11.6 Å². The molecule has 0 aliphatic heterocycles. The minimum absolute atomic E-state index is 0.0927. The van der Waals surface area contributed by atoms with Gasteiger partial charge in [-0.05, 0) is 50.3 Å². The van der Waals surface area contributed by atoms with Gasteiger partial charge in [0.15, 0.2) is 0 Å². The molecule has 0 unspecified atom stereocenters. The van der Waals surface area contributed by atoms with Gasteiger partial charge in [0.1, 0.15) is 18.5 Å². The van der Waals surface area contributed by atoms with E-state index in [9.17, 15) is 14.9 Å². The third-order valence-corrected chi connectivity index (χ3v) is 4.93. The lowest BCUT2D eigenvalue weighted by Gasteiger charge is -2.06. The van der Waals surface area contributed by atoms with Crippen LogP contribution >= 0.6 is 0 Å². The first kappa shape index (κ1) is 25.9. The van der Waals surface area contributed by atoms with E-state index in [1.807, 2.05) is 18.2 Å². The Labute approximate surface area is 202 Å². The van der Waals surface area contributed by atoms with Crippen molar-refractivity contribution in [2.24, 2.45) is 0 Å². The molecule has 1 aromatic carbocycles. The van der Waals surface area contributed by atoms with E-state index >= 15 is 0 Å². The summed E-state index contributed by atoms with van der Waals surface area (Å²) in [4.78, 5) is 30.4. The normalized spacial score (nSPS) is 10.9. The summed E-state index contributed by atoms with van der Waals surface area (Å²) in [5.74, 6) is 0.263. The average Bonchev–Trinajstić information content (AvgIpc) is 3.33. The van der Waals surface area contributed by atoms with E-state index in [1.54, 1.807) is 19.1 Å². The van der Waals surface area contributed by atoms with Gasteiger partial charge in [0.2, 0.25) is 5.82 Å². The lowest BCUT2D eigenvalue weighted by molar-refractivity contribution is -0.385. The van der Waals surface area contributed by atoms with Crippen LogP contribution in [0.4, 0.5) is 5.69 Å². The number of rotatable bonds is 15. The maximum Gasteiger partial charge on any atom is 0.338 e. The summed E-state index contributed by atoms with van der Waals surface area (Å²) in [6, 6.07) is 10.4. The molecule has 0 amide bonds. The number of pyridine rings is 1. The highest BCUT2D eigenvalue weighted by Gasteiger charge is 2.16. The van der Waals surface area contributed by atoms with Gasteiger partial charge in [-0.15, -0.1) is 0 Å². The molecule has 0 aliphatic rings. The van der Waals surface area contributed by atoms with Crippen molar-refractivity contribution in [3.05, 3.63) is 69.7 Å². The van der Waals surface area contributed by atoms with E-state index in [1.165, 1.54) is 6.07 Å². The van der Waals surface area contributed by atoms with E-state index in [-0.39, 0.29) is 24.1 Å². The van der Waals surface area contributed by atoms with Crippen LogP contribution in [-0.4, -0.2) is 52.4 Å². The van der Waals surface area contributed by atoms with Gasteiger partial charge in [0, 0.05) is 25.9 Å². The summed E-state index contributed by atoms with van der Waals surface area (Å²) in [5.41, 5.74) is 1.48. The summed E-state index contributed by atoms with van der Waals surface area (Å²) in [6.45, 7) is 3.94. The number of esters is 1. The van der Waals surface area contributed by atoms with E-state index in [0.717, 1.165) is 31.9 Å². The zero-order valence-electron chi connectivity index (χ0n) is 19.6. The highest BCUT2D eigenvalue weighted by atomic mass is 16.6. The number of unbranched alkanes of at least 4 members (excludes halogenated alkanes) is 2. The number of nitrogens with zero attached hydrogens (tertiary/aromatic N) is 4. The van der Waals surface area contributed by atoms with Crippen molar-refractivity contribution in [1.29, 1.82) is 0 Å². The monoisotopic (exact) mass is 484 g/mol. The second-order valence-electron chi connectivity index (χ2n) is 7.71. The molecular formula is C24H28N4O7. The van der Waals surface area contributed by atoms with E-state index in [2.05, 4.69) is 15.1 Å².